The second-order valence-electron chi connectivity index (χ2n) is 5.43. The quantitative estimate of drug-likeness (QED) is 0.789. The van der Waals surface area contributed by atoms with Crippen molar-refractivity contribution in [3.63, 3.8) is 0 Å². The third kappa shape index (κ3) is 2.34. The fourth-order valence-electron chi connectivity index (χ4n) is 2.78. The molecule has 0 bridgehead atoms. The number of imidazole rings is 1. The maximum atomic E-state index is 10.2. The van der Waals surface area contributed by atoms with E-state index in [-0.39, 0.29) is 0 Å². The van der Waals surface area contributed by atoms with Crippen molar-refractivity contribution in [1.82, 2.24) is 9.38 Å². The largest absolute Gasteiger partial charge is 0.387 e. The monoisotopic (exact) mass is 280 g/mol. The van der Waals surface area contributed by atoms with Gasteiger partial charge in [-0.25, -0.2) is 4.98 Å². The number of aliphatic hydroxyl groups excluding tert-OH is 1. The van der Waals surface area contributed by atoms with Crippen molar-refractivity contribution >= 4 is 5.65 Å². The molecule has 0 spiro atoms. The Labute approximate surface area is 124 Å². The van der Waals surface area contributed by atoms with Crippen molar-refractivity contribution in [2.24, 2.45) is 0 Å². The number of aromatic nitrogens is 2. The zero-order valence-corrected chi connectivity index (χ0v) is 12.7. The molecule has 3 nitrogen and oxygen atoms in total. The number of hydrogen-bond acceptors (Lipinski definition) is 2. The maximum Gasteiger partial charge on any atom is 0.137 e. The summed E-state index contributed by atoms with van der Waals surface area (Å²) in [7, 11) is 0. The van der Waals surface area contributed by atoms with E-state index in [1.807, 2.05) is 29.5 Å². The molecule has 0 aliphatic carbocycles. The van der Waals surface area contributed by atoms with Gasteiger partial charge in [-0.15, -0.1) is 0 Å². The first-order valence-electron chi connectivity index (χ1n) is 7.37. The van der Waals surface area contributed by atoms with Crippen LogP contribution in [0, 0.1) is 6.92 Å². The van der Waals surface area contributed by atoms with Gasteiger partial charge in [0.1, 0.15) is 5.65 Å². The molecule has 1 N–H and O–H groups in total. The van der Waals surface area contributed by atoms with Gasteiger partial charge in [-0.05, 0) is 38.0 Å². The molecule has 1 unspecified atom stereocenters. The molecule has 2 heterocycles. The molecule has 0 saturated carbocycles. The van der Waals surface area contributed by atoms with Crippen LogP contribution in [0.25, 0.3) is 16.9 Å². The number of fused-ring (bicyclic) bond motifs is 1. The second kappa shape index (κ2) is 5.34. The minimum Gasteiger partial charge on any atom is -0.387 e. The lowest BCUT2D eigenvalue weighted by molar-refractivity contribution is 0.194. The van der Waals surface area contributed by atoms with Gasteiger partial charge >= 0.3 is 0 Å². The van der Waals surface area contributed by atoms with Gasteiger partial charge in [-0.1, -0.05) is 37.3 Å². The second-order valence-corrected chi connectivity index (χ2v) is 5.43. The van der Waals surface area contributed by atoms with E-state index < -0.39 is 6.10 Å². The number of aryl methyl sites for hydroxylation is 2. The van der Waals surface area contributed by atoms with E-state index in [2.05, 4.69) is 31.2 Å². The van der Waals surface area contributed by atoms with Gasteiger partial charge in [0.15, 0.2) is 0 Å². The molecule has 0 aliphatic heterocycles. The fourth-order valence-corrected chi connectivity index (χ4v) is 2.78. The number of nitrogens with zero attached hydrogens (tertiary/aromatic N) is 2. The molecule has 1 aromatic carbocycles. The Morgan fingerprint density at radius 1 is 1.14 bits per heavy atom. The van der Waals surface area contributed by atoms with Gasteiger partial charge in [0.25, 0.3) is 0 Å². The fraction of sp³-hybridized carbons (Fsp3) is 0.278. The van der Waals surface area contributed by atoms with Gasteiger partial charge in [-0.2, -0.15) is 0 Å². The first kappa shape index (κ1) is 13.8. The van der Waals surface area contributed by atoms with Crippen LogP contribution in [0.1, 0.15) is 36.9 Å². The van der Waals surface area contributed by atoms with Crippen molar-refractivity contribution in [2.45, 2.75) is 33.3 Å². The van der Waals surface area contributed by atoms with Crippen molar-refractivity contribution in [1.29, 1.82) is 0 Å². The van der Waals surface area contributed by atoms with Crippen LogP contribution >= 0.6 is 0 Å². The number of benzene rings is 1. The summed E-state index contributed by atoms with van der Waals surface area (Å²) < 4.78 is 2.04. The average Bonchev–Trinajstić information content (AvgIpc) is 2.88. The summed E-state index contributed by atoms with van der Waals surface area (Å²) in [5.41, 5.74) is 6.02. The molecule has 3 rings (SSSR count). The Hall–Kier alpha value is -2.13. The van der Waals surface area contributed by atoms with Crippen LogP contribution in [-0.2, 0) is 6.42 Å². The van der Waals surface area contributed by atoms with Crippen molar-refractivity contribution in [2.75, 3.05) is 0 Å². The van der Waals surface area contributed by atoms with Crippen LogP contribution in [0.15, 0.2) is 42.5 Å². The van der Waals surface area contributed by atoms with E-state index >= 15 is 0 Å². The Bertz CT molecular complexity index is 770. The normalized spacial score (nSPS) is 12.8. The smallest absolute Gasteiger partial charge is 0.137 e. The number of pyridine rings is 1. The Morgan fingerprint density at radius 3 is 2.48 bits per heavy atom. The lowest BCUT2D eigenvalue weighted by atomic mass is 10.0. The predicted octanol–water partition coefficient (Wildman–Crippen LogP) is 3.93. The summed E-state index contributed by atoms with van der Waals surface area (Å²) >= 11 is 0. The van der Waals surface area contributed by atoms with E-state index in [1.165, 1.54) is 5.56 Å². The van der Waals surface area contributed by atoms with Gasteiger partial charge in [0, 0.05) is 11.3 Å². The molecular formula is C18H20N2O. The average molecular weight is 280 g/mol. The molecule has 0 fully saturated rings. The number of hydrogen-bond donors (Lipinski definition) is 1. The van der Waals surface area contributed by atoms with Crippen LogP contribution in [-0.4, -0.2) is 14.5 Å². The van der Waals surface area contributed by atoms with E-state index in [9.17, 15) is 5.11 Å². The highest BCUT2D eigenvalue weighted by molar-refractivity contribution is 5.67. The highest BCUT2D eigenvalue weighted by Gasteiger charge is 2.18. The summed E-state index contributed by atoms with van der Waals surface area (Å²) in [5.74, 6) is 0. The maximum absolute atomic E-state index is 10.2. The topological polar surface area (TPSA) is 37.5 Å². The summed E-state index contributed by atoms with van der Waals surface area (Å²) in [6, 6.07) is 14.4. The first-order valence-corrected chi connectivity index (χ1v) is 7.37. The highest BCUT2D eigenvalue weighted by atomic mass is 16.3. The van der Waals surface area contributed by atoms with Crippen molar-refractivity contribution < 1.29 is 5.11 Å². The van der Waals surface area contributed by atoms with Crippen LogP contribution < -0.4 is 0 Å². The molecule has 0 aliphatic rings. The van der Waals surface area contributed by atoms with Crippen LogP contribution in [0.3, 0.4) is 0 Å². The van der Waals surface area contributed by atoms with E-state index in [0.29, 0.717) is 0 Å². The van der Waals surface area contributed by atoms with Gasteiger partial charge in [0.2, 0.25) is 0 Å². The predicted molar refractivity (Wildman–Crippen MR) is 85.4 cm³/mol. The summed E-state index contributed by atoms with van der Waals surface area (Å²) in [4.78, 5) is 4.72. The van der Waals surface area contributed by atoms with Gasteiger partial charge < -0.3 is 5.11 Å². The molecule has 21 heavy (non-hydrogen) atoms. The molecule has 108 valence electrons. The van der Waals surface area contributed by atoms with E-state index in [0.717, 1.165) is 34.7 Å². The van der Waals surface area contributed by atoms with E-state index in [1.54, 1.807) is 6.92 Å². The Morgan fingerprint density at radius 2 is 1.86 bits per heavy atom. The van der Waals surface area contributed by atoms with Crippen LogP contribution in [0.5, 0.6) is 0 Å². The summed E-state index contributed by atoms with van der Waals surface area (Å²) in [5, 5.41) is 10.2. The zero-order valence-electron chi connectivity index (χ0n) is 12.7. The SMILES string of the molecule is CCc1ccc(-c2nc3cccc(C)n3c2C(C)O)cc1. The molecule has 0 amide bonds. The lowest BCUT2D eigenvalue weighted by Crippen LogP contribution is -2.02. The standard InChI is InChI=1S/C18H20N2O/c1-4-14-8-10-15(11-9-14)17-18(13(3)21)20-12(2)6-5-7-16(20)19-17/h5-11,13,21H,4H2,1-3H3. The van der Waals surface area contributed by atoms with Crippen LogP contribution in [0.2, 0.25) is 0 Å². The minimum absolute atomic E-state index is 0.568. The number of aliphatic hydroxyl groups is 1. The van der Waals surface area contributed by atoms with Gasteiger partial charge in [0.05, 0.1) is 17.5 Å². The molecule has 3 aromatic rings. The lowest BCUT2D eigenvalue weighted by Gasteiger charge is -2.10. The molecule has 1 atom stereocenters. The number of rotatable bonds is 3. The van der Waals surface area contributed by atoms with Crippen molar-refractivity contribution in [3.05, 3.63) is 59.4 Å². The van der Waals surface area contributed by atoms with Crippen LogP contribution in [0.4, 0.5) is 0 Å². The minimum atomic E-state index is -0.568. The third-order valence-corrected chi connectivity index (χ3v) is 3.91. The molecule has 0 radical (unpaired) electrons. The van der Waals surface area contributed by atoms with Crippen molar-refractivity contribution in [3.8, 4) is 11.3 Å². The third-order valence-electron chi connectivity index (χ3n) is 3.91. The molecule has 2 aromatic heterocycles. The molecule has 3 heteroatoms. The molecular weight excluding hydrogens is 260 g/mol. The Kier molecular flexibility index (Phi) is 3.52. The van der Waals surface area contributed by atoms with E-state index in [4.69, 9.17) is 4.98 Å². The zero-order chi connectivity index (χ0) is 15.0. The molecule has 0 saturated heterocycles. The summed E-state index contributed by atoms with van der Waals surface area (Å²) in [6.07, 6.45) is 0.454. The first-order chi connectivity index (χ1) is 10.1. The highest BCUT2D eigenvalue weighted by Crippen LogP contribution is 2.30. The Balaban J connectivity index is 2.26. The summed E-state index contributed by atoms with van der Waals surface area (Å²) in [6.45, 7) is 5.97. The van der Waals surface area contributed by atoms with Gasteiger partial charge in [-0.3, -0.25) is 4.40 Å².